The fourth-order valence-electron chi connectivity index (χ4n) is 1.11. The Morgan fingerprint density at radius 3 is 2.43 bits per heavy atom. The lowest BCUT2D eigenvalue weighted by Gasteiger charge is -2.18. The van der Waals surface area contributed by atoms with Crippen molar-refractivity contribution >= 4 is 15.9 Å². The molecule has 4 N–H and O–H groups in total. The number of phenols is 1. The van der Waals surface area contributed by atoms with Crippen LogP contribution in [0.2, 0.25) is 0 Å². The number of aliphatic hydroxyl groups is 3. The predicted octanol–water partition coefficient (Wildman–Crippen LogP) is 0.541. The molecule has 2 atom stereocenters. The van der Waals surface area contributed by atoms with Gasteiger partial charge in [0.1, 0.15) is 18.0 Å². The Bertz CT molecular complexity index is 295. The minimum atomic E-state index is -1.31. The first-order valence-corrected chi connectivity index (χ1v) is 4.81. The van der Waals surface area contributed by atoms with E-state index in [4.69, 9.17) is 5.11 Å². The topological polar surface area (TPSA) is 80.9 Å². The van der Waals surface area contributed by atoms with Crippen LogP contribution in [0.15, 0.2) is 22.7 Å². The van der Waals surface area contributed by atoms with E-state index in [0.717, 1.165) is 0 Å². The van der Waals surface area contributed by atoms with E-state index in [9.17, 15) is 15.3 Å². The molecule has 14 heavy (non-hydrogen) atoms. The lowest BCUT2D eigenvalue weighted by molar-refractivity contribution is -0.0165. The van der Waals surface area contributed by atoms with Gasteiger partial charge in [0, 0.05) is 10.0 Å². The van der Waals surface area contributed by atoms with Crippen LogP contribution in [-0.4, -0.2) is 33.1 Å². The first kappa shape index (κ1) is 11.5. The highest BCUT2D eigenvalue weighted by Crippen LogP contribution is 2.32. The maximum absolute atomic E-state index is 9.55. The normalized spacial score (nSPS) is 15.1. The SMILES string of the molecule is OCC(O)C(O)c1c(O)cccc1Br. The minimum Gasteiger partial charge on any atom is -0.508 e. The van der Waals surface area contributed by atoms with E-state index in [2.05, 4.69) is 15.9 Å². The van der Waals surface area contributed by atoms with Gasteiger partial charge in [-0.1, -0.05) is 22.0 Å². The largest absolute Gasteiger partial charge is 0.508 e. The maximum atomic E-state index is 9.55. The van der Waals surface area contributed by atoms with E-state index in [1.807, 2.05) is 0 Å². The number of hydrogen-bond acceptors (Lipinski definition) is 4. The van der Waals surface area contributed by atoms with Gasteiger partial charge >= 0.3 is 0 Å². The van der Waals surface area contributed by atoms with Crippen molar-refractivity contribution in [2.75, 3.05) is 6.61 Å². The molecular weight excluding hydrogens is 252 g/mol. The molecule has 0 fully saturated rings. The molecule has 0 aromatic heterocycles. The molecule has 0 saturated heterocycles. The highest BCUT2D eigenvalue weighted by atomic mass is 79.9. The van der Waals surface area contributed by atoms with Crippen LogP contribution in [0.3, 0.4) is 0 Å². The minimum absolute atomic E-state index is 0.126. The monoisotopic (exact) mass is 262 g/mol. The molecule has 0 aliphatic rings. The van der Waals surface area contributed by atoms with E-state index in [0.29, 0.717) is 4.47 Å². The summed E-state index contributed by atoms with van der Waals surface area (Å²) in [6, 6.07) is 4.62. The van der Waals surface area contributed by atoms with Crippen molar-refractivity contribution in [3.63, 3.8) is 0 Å². The molecule has 1 aromatic rings. The van der Waals surface area contributed by atoms with Crippen molar-refractivity contribution in [3.8, 4) is 5.75 Å². The molecule has 0 bridgehead atoms. The van der Waals surface area contributed by atoms with Gasteiger partial charge in [0.05, 0.1) is 6.61 Å². The molecule has 1 rings (SSSR count). The first-order valence-electron chi connectivity index (χ1n) is 4.02. The highest BCUT2D eigenvalue weighted by molar-refractivity contribution is 9.10. The molecule has 0 heterocycles. The average Bonchev–Trinajstić information content (AvgIpc) is 2.16. The van der Waals surface area contributed by atoms with Crippen molar-refractivity contribution < 1.29 is 20.4 Å². The molecule has 0 amide bonds. The second-order valence-corrected chi connectivity index (χ2v) is 3.72. The number of hydrogen-bond donors (Lipinski definition) is 4. The summed E-state index contributed by atoms with van der Waals surface area (Å²) < 4.78 is 0.484. The zero-order chi connectivity index (χ0) is 10.7. The fraction of sp³-hybridized carbons (Fsp3) is 0.333. The van der Waals surface area contributed by atoms with Gasteiger partial charge in [-0.15, -0.1) is 0 Å². The summed E-state index contributed by atoms with van der Waals surface area (Å²) in [5.74, 6) is -0.126. The fourth-order valence-corrected chi connectivity index (χ4v) is 1.70. The summed E-state index contributed by atoms with van der Waals surface area (Å²) in [6.07, 6.45) is -2.62. The number of benzene rings is 1. The molecule has 5 heteroatoms. The molecule has 0 spiro atoms. The lowest BCUT2D eigenvalue weighted by atomic mass is 10.0. The number of halogens is 1. The van der Waals surface area contributed by atoms with E-state index in [1.54, 1.807) is 12.1 Å². The smallest absolute Gasteiger partial charge is 0.122 e. The van der Waals surface area contributed by atoms with E-state index < -0.39 is 18.8 Å². The standard InChI is InChI=1S/C9H11BrO4/c10-5-2-1-3-6(12)8(5)9(14)7(13)4-11/h1-3,7,9,11-14H,4H2. The molecular formula is C9H11BrO4. The van der Waals surface area contributed by atoms with Gasteiger partial charge in [-0.05, 0) is 12.1 Å². The van der Waals surface area contributed by atoms with Gasteiger partial charge in [-0.2, -0.15) is 0 Å². The van der Waals surface area contributed by atoms with Gasteiger partial charge in [0.2, 0.25) is 0 Å². The van der Waals surface area contributed by atoms with Crippen LogP contribution in [0, 0.1) is 0 Å². The van der Waals surface area contributed by atoms with E-state index in [1.165, 1.54) is 6.07 Å². The van der Waals surface area contributed by atoms with Crippen LogP contribution in [0.1, 0.15) is 11.7 Å². The highest BCUT2D eigenvalue weighted by Gasteiger charge is 2.22. The van der Waals surface area contributed by atoms with Crippen LogP contribution in [0.25, 0.3) is 0 Å². The van der Waals surface area contributed by atoms with E-state index in [-0.39, 0.29) is 11.3 Å². The second-order valence-electron chi connectivity index (χ2n) is 2.87. The molecule has 4 nitrogen and oxygen atoms in total. The Morgan fingerprint density at radius 2 is 1.93 bits per heavy atom. The Balaban J connectivity index is 3.05. The zero-order valence-corrected chi connectivity index (χ0v) is 8.85. The zero-order valence-electron chi connectivity index (χ0n) is 7.26. The van der Waals surface area contributed by atoms with Crippen LogP contribution in [-0.2, 0) is 0 Å². The van der Waals surface area contributed by atoms with Gasteiger partial charge in [0.25, 0.3) is 0 Å². The third-order valence-electron chi connectivity index (χ3n) is 1.88. The molecule has 0 radical (unpaired) electrons. The van der Waals surface area contributed by atoms with Gasteiger partial charge < -0.3 is 20.4 Å². The Kier molecular flexibility index (Phi) is 3.88. The summed E-state index contributed by atoms with van der Waals surface area (Å²) in [5.41, 5.74) is 0.175. The van der Waals surface area contributed by atoms with Crippen molar-refractivity contribution in [2.24, 2.45) is 0 Å². The van der Waals surface area contributed by atoms with Crippen LogP contribution in [0.5, 0.6) is 5.75 Å². The molecule has 0 aliphatic carbocycles. The van der Waals surface area contributed by atoms with Crippen LogP contribution < -0.4 is 0 Å². The quantitative estimate of drug-likeness (QED) is 0.641. The molecule has 78 valence electrons. The maximum Gasteiger partial charge on any atom is 0.122 e. The van der Waals surface area contributed by atoms with Crippen molar-refractivity contribution in [3.05, 3.63) is 28.2 Å². The predicted molar refractivity (Wildman–Crippen MR) is 53.9 cm³/mol. The number of aromatic hydroxyl groups is 1. The van der Waals surface area contributed by atoms with Crippen molar-refractivity contribution in [1.29, 1.82) is 0 Å². The van der Waals surface area contributed by atoms with Gasteiger partial charge in [-0.3, -0.25) is 0 Å². The molecule has 1 aromatic carbocycles. The summed E-state index contributed by atoms with van der Waals surface area (Å²) in [6.45, 7) is -0.568. The third kappa shape index (κ3) is 2.24. The van der Waals surface area contributed by atoms with E-state index >= 15 is 0 Å². The number of phenolic OH excluding ortho intramolecular Hbond substituents is 1. The Morgan fingerprint density at radius 1 is 1.29 bits per heavy atom. The Labute approximate surface area is 89.6 Å². The Hall–Kier alpha value is -0.620. The summed E-state index contributed by atoms with van der Waals surface area (Å²) in [4.78, 5) is 0. The van der Waals surface area contributed by atoms with Crippen LogP contribution >= 0.6 is 15.9 Å². The average molecular weight is 263 g/mol. The third-order valence-corrected chi connectivity index (χ3v) is 2.57. The van der Waals surface area contributed by atoms with Crippen molar-refractivity contribution in [2.45, 2.75) is 12.2 Å². The molecule has 0 aliphatic heterocycles. The van der Waals surface area contributed by atoms with Gasteiger partial charge in [-0.25, -0.2) is 0 Å². The molecule has 2 unspecified atom stereocenters. The first-order chi connectivity index (χ1) is 6.57. The van der Waals surface area contributed by atoms with Crippen molar-refractivity contribution in [1.82, 2.24) is 0 Å². The van der Waals surface area contributed by atoms with Gasteiger partial charge in [0.15, 0.2) is 0 Å². The second kappa shape index (κ2) is 4.75. The lowest BCUT2D eigenvalue weighted by Crippen LogP contribution is -2.22. The summed E-state index contributed by atoms with van der Waals surface area (Å²) in [5, 5.41) is 36.8. The summed E-state index contributed by atoms with van der Waals surface area (Å²) in [7, 11) is 0. The summed E-state index contributed by atoms with van der Waals surface area (Å²) >= 11 is 3.13. The number of aliphatic hydroxyl groups excluding tert-OH is 3. The number of rotatable bonds is 3. The molecule has 0 saturated carbocycles. The van der Waals surface area contributed by atoms with Crippen LogP contribution in [0.4, 0.5) is 0 Å².